The molecule has 0 saturated carbocycles. The lowest BCUT2D eigenvalue weighted by Gasteiger charge is -2.26. The number of alkyl halides is 3. The number of piperidine rings is 1. The molecule has 2 N–H and O–H groups in total. The largest absolute Gasteiger partial charge is 0.389 e. The summed E-state index contributed by atoms with van der Waals surface area (Å²) in [6.45, 7) is 4.62. The second-order valence-electron chi connectivity index (χ2n) is 5.40. The molecule has 0 spiro atoms. The Bertz CT molecular complexity index is 305. The van der Waals surface area contributed by atoms with Gasteiger partial charge in [-0.15, -0.1) is 24.0 Å². The van der Waals surface area contributed by atoms with Crippen molar-refractivity contribution in [2.45, 2.75) is 44.7 Å². The van der Waals surface area contributed by atoms with E-state index < -0.39 is 12.6 Å². The molecule has 1 aliphatic heterocycles. The van der Waals surface area contributed by atoms with E-state index in [9.17, 15) is 13.2 Å². The minimum absolute atomic E-state index is 0. The fourth-order valence-electron chi connectivity index (χ4n) is 2.39. The summed E-state index contributed by atoms with van der Waals surface area (Å²) in [7, 11) is 1.67. The minimum Gasteiger partial charge on any atom is -0.356 e. The first-order valence-corrected chi connectivity index (χ1v) is 7.75. The molecule has 0 radical (unpaired) electrons. The van der Waals surface area contributed by atoms with E-state index >= 15 is 0 Å². The molecule has 1 saturated heterocycles. The number of aliphatic imine (C=N–C) groups is 1. The van der Waals surface area contributed by atoms with E-state index in [2.05, 4.69) is 20.5 Å². The van der Waals surface area contributed by atoms with Crippen molar-refractivity contribution < 1.29 is 13.2 Å². The van der Waals surface area contributed by atoms with Gasteiger partial charge in [-0.25, -0.2) is 0 Å². The first kappa shape index (κ1) is 21.8. The Morgan fingerprint density at radius 1 is 1.05 bits per heavy atom. The molecule has 1 fully saturated rings. The fraction of sp³-hybridized carbons (Fsp3) is 0.929. The number of unbranched alkanes of at least 4 members (excludes halogenated alkanes) is 1. The lowest BCUT2D eigenvalue weighted by atomic mass is 10.1. The zero-order valence-corrected chi connectivity index (χ0v) is 15.5. The Labute approximate surface area is 148 Å². The van der Waals surface area contributed by atoms with Crippen molar-refractivity contribution in [2.24, 2.45) is 4.99 Å². The highest BCUT2D eigenvalue weighted by Crippen LogP contribution is 2.21. The third-order valence-electron chi connectivity index (χ3n) is 3.57. The Balaban J connectivity index is 0.00000441. The van der Waals surface area contributed by atoms with Gasteiger partial charge in [0.05, 0.1) is 0 Å². The maximum Gasteiger partial charge on any atom is 0.389 e. The van der Waals surface area contributed by atoms with Crippen molar-refractivity contribution in [1.29, 1.82) is 0 Å². The zero-order valence-electron chi connectivity index (χ0n) is 13.2. The second kappa shape index (κ2) is 12.2. The van der Waals surface area contributed by atoms with Gasteiger partial charge < -0.3 is 15.5 Å². The van der Waals surface area contributed by atoms with Crippen molar-refractivity contribution in [3.63, 3.8) is 0 Å². The van der Waals surface area contributed by atoms with Crippen LogP contribution >= 0.6 is 24.0 Å². The van der Waals surface area contributed by atoms with Crippen molar-refractivity contribution in [3.8, 4) is 0 Å². The van der Waals surface area contributed by atoms with E-state index in [1.165, 1.54) is 19.3 Å². The SMILES string of the molecule is CN=C(NCCCCC(F)(F)F)NCCN1CCCCC1.I. The van der Waals surface area contributed by atoms with Crippen molar-refractivity contribution in [3.05, 3.63) is 0 Å². The zero-order chi connectivity index (χ0) is 15.6. The summed E-state index contributed by atoms with van der Waals surface area (Å²) >= 11 is 0. The topological polar surface area (TPSA) is 39.7 Å². The highest BCUT2D eigenvalue weighted by molar-refractivity contribution is 14.0. The molecule has 1 heterocycles. The lowest BCUT2D eigenvalue weighted by Crippen LogP contribution is -2.42. The van der Waals surface area contributed by atoms with E-state index in [1.54, 1.807) is 7.05 Å². The average molecular weight is 436 g/mol. The molecule has 0 bridgehead atoms. The van der Waals surface area contributed by atoms with E-state index in [-0.39, 0.29) is 30.4 Å². The number of guanidine groups is 1. The second-order valence-corrected chi connectivity index (χ2v) is 5.40. The predicted molar refractivity (Wildman–Crippen MR) is 95.0 cm³/mol. The van der Waals surface area contributed by atoms with Crippen molar-refractivity contribution in [2.75, 3.05) is 39.8 Å². The Hall–Kier alpha value is -0.250. The predicted octanol–water partition coefficient (Wildman–Crippen LogP) is 2.99. The number of nitrogens with zero attached hydrogens (tertiary/aromatic N) is 2. The number of nitrogens with one attached hydrogen (secondary N) is 2. The molecule has 8 heteroatoms. The number of halogens is 4. The summed E-state index contributed by atoms with van der Waals surface area (Å²) in [5.74, 6) is 0.666. The highest BCUT2D eigenvalue weighted by atomic mass is 127. The summed E-state index contributed by atoms with van der Waals surface area (Å²) < 4.78 is 36.0. The summed E-state index contributed by atoms with van der Waals surface area (Å²) in [6, 6.07) is 0. The highest BCUT2D eigenvalue weighted by Gasteiger charge is 2.25. The van der Waals surface area contributed by atoms with Crippen LogP contribution in [0.4, 0.5) is 13.2 Å². The van der Waals surface area contributed by atoms with Gasteiger partial charge in [-0.05, 0) is 38.8 Å². The van der Waals surface area contributed by atoms with Crippen LogP contribution < -0.4 is 10.6 Å². The van der Waals surface area contributed by atoms with Crippen molar-refractivity contribution in [1.82, 2.24) is 15.5 Å². The first-order valence-electron chi connectivity index (χ1n) is 7.75. The van der Waals surface area contributed by atoms with Crippen LogP contribution in [0.25, 0.3) is 0 Å². The van der Waals surface area contributed by atoms with Crippen LogP contribution in [0.2, 0.25) is 0 Å². The standard InChI is InChI=1S/C14H27F3N4.HI/c1-18-13(19-8-4-3-7-14(15,16)17)20-9-12-21-10-5-2-6-11-21;/h2-12H2,1H3,(H2,18,19,20);1H. The average Bonchev–Trinajstić information content (AvgIpc) is 2.45. The van der Waals surface area contributed by atoms with E-state index in [4.69, 9.17) is 0 Å². The number of hydrogen-bond donors (Lipinski definition) is 2. The molecule has 0 aromatic carbocycles. The Morgan fingerprint density at radius 2 is 1.68 bits per heavy atom. The molecule has 0 atom stereocenters. The number of hydrogen-bond acceptors (Lipinski definition) is 2. The van der Waals surface area contributed by atoms with Gasteiger partial charge in [0.2, 0.25) is 0 Å². The summed E-state index contributed by atoms with van der Waals surface area (Å²) in [6.07, 6.45) is -0.249. The molecule has 132 valence electrons. The molecular formula is C14H28F3IN4. The molecule has 4 nitrogen and oxygen atoms in total. The maximum absolute atomic E-state index is 12.0. The summed E-state index contributed by atoms with van der Waals surface area (Å²) in [4.78, 5) is 6.49. The monoisotopic (exact) mass is 436 g/mol. The van der Waals surface area contributed by atoms with Gasteiger partial charge in [-0.2, -0.15) is 13.2 Å². The Kier molecular flexibility index (Phi) is 12.1. The third kappa shape index (κ3) is 11.3. The first-order chi connectivity index (χ1) is 10.0. The van der Waals surface area contributed by atoms with Crippen LogP contribution in [0, 0.1) is 0 Å². The van der Waals surface area contributed by atoms with Gasteiger partial charge >= 0.3 is 6.18 Å². The van der Waals surface area contributed by atoms with Crippen LogP contribution in [-0.2, 0) is 0 Å². The van der Waals surface area contributed by atoms with Gasteiger partial charge in [0, 0.05) is 33.1 Å². The van der Waals surface area contributed by atoms with Gasteiger partial charge in [0.25, 0.3) is 0 Å². The fourth-order valence-corrected chi connectivity index (χ4v) is 2.39. The van der Waals surface area contributed by atoms with E-state index in [0.29, 0.717) is 18.9 Å². The van der Waals surface area contributed by atoms with Crippen LogP contribution in [0.1, 0.15) is 38.5 Å². The number of rotatable bonds is 7. The van der Waals surface area contributed by atoms with Crippen LogP contribution in [0.3, 0.4) is 0 Å². The van der Waals surface area contributed by atoms with Crippen molar-refractivity contribution >= 4 is 29.9 Å². The summed E-state index contributed by atoms with van der Waals surface area (Å²) in [5, 5.41) is 6.25. The minimum atomic E-state index is -4.05. The van der Waals surface area contributed by atoms with Gasteiger partial charge in [-0.3, -0.25) is 4.99 Å². The van der Waals surface area contributed by atoms with Gasteiger partial charge in [0.1, 0.15) is 0 Å². The quantitative estimate of drug-likeness (QED) is 0.279. The normalized spacial score (nSPS) is 17.0. The molecule has 22 heavy (non-hydrogen) atoms. The molecule has 0 aromatic rings. The van der Waals surface area contributed by atoms with Gasteiger partial charge in [-0.1, -0.05) is 6.42 Å². The third-order valence-corrected chi connectivity index (χ3v) is 3.57. The van der Waals surface area contributed by atoms with Gasteiger partial charge in [0.15, 0.2) is 5.96 Å². The number of likely N-dealkylation sites (tertiary alicyclic amines) is 1. The smallest absolute Gasteiger partial charge is 0.356 e. The molecule has 0 aromatic heterocycles. The molecule has 0 aliphatic carbocycles. The summed E-state index contributed by atoms with van der Waals surface area (Å²) in [5.41, 5.74) is 0. The lowest BCUT2D eigenvalue weighted by molar-refractivity contribution is -0.135. The van der Waals surface area contributed by atoms with Crippen LogP contribution in [0.5, 0.6) is 0 Å². The maximum atomic E-state index is 12.0. The molecule has 1 aliphatic rings. The molecule has 0 unspecified atom stereocenters. The van der Waals surface area contributed by atoms with E-state index in [1.807, 2.05) is 0 Å². The van der Waals surface area contributed by atoms with Crippen LogP contribution in [-0.4, -0.2) is 56.8 Å². The van der Waals surface area contributed by atoms with Crippen LogP contribution in [0.15, 0.2) is 4.99 Å². The molecule has 1 rings (SSSR count). The Morgan fingerprint density at radius 3 is 2.27 bits per heavy atom. The van der Waals surface area contributed by atoms with E-state index in [0.717, 1.165) is 26.2 Å². The molecular weight excluding hydrogens is 408 g/mol. The molecule has 0 amide bonds.